The molecule has 1 aromatic heterocycles. The monoisotopic (exact) mass is 246 g/mol. The molecule has 2 unspecified atom stereocenters. The molecule has 2 rings (SSSR count). The Bertz CT molecular complexity index is 359. The van der Waals surface area contributed by atoms with Gasteiger partial charge in [0.25, 0.3) is 0 Å². The van der Waals surface area contributed by atoms with Crippen LogP contribution in [0.2, 0.25) is 0 Å². The average molecular weight is 246 g/mol. The van der Waals surface area contributed by atoms with Crippen LogP contribution in [0.1, 0.15) is 45.6 Å². The van der Waals surface area contributed by atoms with Crippen LogP contribution >= 0.6 is 0 Å². The highest BCUT2D eigenvalue weighted by atomic mass is 14.9. The fraction of sp³-hybridized carbons (Fsp3) is 0.688. The van der Waals surface area contributed by atoms with Crippen LogP contribution in [0.3, 0.4) is 0 Å². The first-order chi connectivity index (χ1) is 8.63. The number of hydrogen-bond donors (Lipinski definition) is 1. The predicted octanol–water partition coefficient (Wildman–Crippen LogP) is 3.43. The Labute approximate surface area is 111 Å². The molecule has 2 atom stereocenters. The maximum atomic E-state index is 4.10. The summed E-state index contributed by atoms with van der Waals surface area (Å²) in [7, 11) is 0. The Hall–Kier alpha value is -0.890. The molecule has 2 heteroatoms. The van der Waals surface area contributed by atoms with Crippen molar-refractivity contribution in [1.29, 1.82) is 0 Å². The van der Waals surface area contributed by atoms with Crippen molar-refractivity contribution in [3.8, 4) is 0 Å². The van der Waals surface area contributed by atoms with Gasteiger partial charge in [0.2, 0.25) is 0 Å². The molecule has 0 bridgehead atoms. The fourth-order valence-electron chi connectivity index (χ4n) is 3.49. The number of hydrogen-bond acceptors (Lipinski definition) is 2. The fourth-order valence-corrected chi connectivity index (χ4v) is 3.49. The molecule has 18 heavy (non-hydrogen) atoms. The van der Waals surface area contributed by atoms with E-state index in [9.17, 15) is 0 Å². The molecule has 0 aliphatic heterocycles. The summed E-state index contributed by atoms with van der Waals surface area (Å²) in [4.78, 5) is 4.10. The van der Waals surface area contributed by atoms with Gasteiger partial charge in [0.15, 0.2) is 0 Å². The molecular formula is C16H26N2. The smallest absolute Gasteiger partial charge is 0.0270 e. The topological polar surface area (TPSA) is 24.9 Å². The number of pyridine rings is 1. The van der Waals surface area contributed by atoms with Gasteiger partial charge >= 0.3 is 0 Å². The van der Waals surface area contributed by atoms with Crippen molar-refractivity contribution < 1.29 is 0 Å². The Kier molecular flexibility index (Phi) is 4.39. The summed E-state index contributed by atoms with van der Waals surface area (Å²) < 4.78 is 0. The van der Waals surface area contributed by atoms with Crippen molar-refractivity contribution in [2.24, 2.45) is 11.3 Å². The molecule has 1 aromatic rings. The summed E-state index contributed by atoms with van der Waals surface area (Å²) in [6, 6.07) is 4.90. The molecule has 100 valence electrons. The minimum Gasteiger partial charge on any atom is -0.314 e. The third kappa shape index (κ3) is 3.11. The molecule has 1 aliphatic rings. The summed E-state index contributed by atoms with van der Waals surface area (Å²) in [5, 5.41) is 3.71. The van der Waals surface area contributed by atoms with Gasteiger partial charge in [0, 0.05) is 18.4 Å². The predicted molar refractivity (Wildman–Crippen MR) is 76.5 cm³/mol. The summed E-state index contributed by atoms with van der Waals surface area (Å²) in [5.74, 6) is 0.797. The highest BCUT2D eigenvalue weighted by Crippen LogP contribution is 2.44. The van der Waals surface area contributed by atoms with Gasteiger partial charge in [-0.15, -0.1) is 0 Å². The number of nitrogens with one attached hydrogen (secondary N) is 1. The summed E-state index contributed by atoms with van der Waals surface area (Å²) >= 11 is 0. The first kappa shape index (κ1) is 13.5. The second-order valence-corrected chi connectivity index (χ2v) is 6.21. The normalized spacial score (nSPS) is 24.1. The van der Waals surface area contributed by atoms with E-state index in [1.54, 1.807) is 0 Å². The van der Waals surface area contributed by atoms with Crippen molar-refractivity contribution in [2.45, 2.75) is 52.5 Å². The SMILES string of the molecule is CCNC(Cc1ccncc1)C1CCCC1(C)C. The zero-order chi connectivity index (χ0) is 13.0. The molecule has 0 saturated heterocycles. The zero-order valence-electron chi connectivity index (χ0n) is 11.9. The van der Waals surface area contributed by atoms with Crippen LogP contribution in [-0.2, 0) is 6.42 Å². The van der Waals surface area contributed by atoms with Gasteiger partial charge in [-0.1, -0.05) is 27.2 Å². The van der Waals surface area contributed by atoms with Crippen molar-refractivity contribution in [3.63, 3.8) is 0 Å². The third-order valence-corrected chi connectivity index (χ3v) is 4.50. The van der Waals surface area contributed by atoms with Gasteiger partial charge in [0.05, 0.1) is 0 Å². The van der Waals surface area contributed by atoms with Crippen molar-refractivity contribution in [1.82, 2.24) is 10.3 Å². The lowest BCUT2D eigenvalue weighted by atomic mass is 9.76. The lowest BCUT2D eigenvalue weighted by Gasteiger charge is -2.35. The standard InChI is InChI=1S/C16H26N2/c1-4-18-15(12-13-7-10-17-11-8-13)14-6-5-9-16(14,2)3/h7-8,10-11,14-15,18H,4-6,9,12H2,1-3H3. The Morgan fingerprint density at radius 3 is 2.67 bits per heavy atom. The van der Waals surface area contributed by atoms with Gasteiger partial charge in [-0.2, -0.15) is 0 Å². The molecule has 2 nitrogen and oxygen atoms in total. The number of aromatic nitrogens is 1. The number of likely N-dealkylation sites (N-methyl/N-ethyl adjacent to an activating group) is 1. The van der Waals surface area contributed by atoms with Gasteiger partial charge < -0.3 is 5.32 Å². The number of nitrogens with zero attached hydrogens (tertiary/aromatic N) is 1. The molecule has 0 spiro atoms. The second-order valence-electron chi connectivity index (χ2n) is 6.21. The van der Waals surface area contributed by atoms with E-state index >= 15 is 0 Å². The molecule has 1 N–H and O–H groups in total. The lowest BCUT2D eigenvalue weighted by molar-refractivity contribution is 0.197. The summed E-state index contributed by atoms with van der Waals surface area (Å²) in [6.07, 6.45) is 9.06. The van der Waals surface area contributed by atoms with E-state index in [1.165, 1.54) is 24.8 Å². The maximum Gasteiger partial charge on any atom is 0.0270 e. The molecule has 1 fully saturated rings. The highest BCUT2D eigenvalue weighted by Gasteiger charge is 2.38. The molecule has 0 aromatic carbocycles. The summed E-state index contributed by atoms with van der Waals surface area (Å²) in [6.45, 7) is 8.13. The minimum atomic E-state index is 0.486. The quantitative estimate of drug-likeness (QED) is 0.861. The Morgan fingerprint density at radius 1 is 1.39 bits per heavy atom. The van der Waals surface area contributed by atoms with Crippen LogP contribution in [0.25, 0.3) is 0 Å². The average Bonchev–Trinajstić information content (AvgIpc) is 2.70. The van der Waals surface area contributed by atoms with Crippen molar-refractivity contribution >= 4 is 0 Å². The van der Waals surface area contributed by atoms with Crippen LogP contribution in [0, 0.1) is 11.3 Å². The first-order valence-corrected chi connectivity index (χ1v) is 7.26. The van der Waals surface area contributed by atoms with Crippen LogP contribution < -0.4 is 5.32 Å². The van der Waals surface area contributed by atoms with Gasteiger partial charge in [-0.05, 0) is 54.8 Å². The van der Waals surface area contributed by atoms with Crippen molar-refractivity contribution in [2.75, 3.05) is 6.54 Å². The van der Waals surface area contributed by atoms with E-state index in [4.69, 9.17) is 0 Å². The highest BCUT2D eigenvalue weighted by molar-refractivity contribution is 5.12. The van der Waals surface area contributed by atoms with Gasteiger partial charge in [-0.25, -0.2) is 0 Å². The third-order valence-electron chi connectivity index (χ3n) is 4.50. The van der Waals surface area contributed by atoms with Crippen LogP contribution in [0.4, 0.5) is 0 Å². The maximum absolute atomic E-state index is 4.10. The molecule has 0 amide bonds. The van der Waals surface area contributed by atoms with E-state index in [0.29, 0.717) is 11.5 Å². The molecular weight excluding hydrogens is 220 g/mol. The van der Waals surface area contributed by atoms with E-state index < -0.39 is 0 Å². The largest absolute Gasteiger partial charge is 0.314 e. The van der Waals surface area contributed by atoms with E-state index in [0.717, 1.165) is 18.9 Å². The number of rotatable bonds is 5. The van der Waals surface area contributed by atoms with Crippen LogP contribution in [-0.4, -0.2) is 17.6 Å². The zero-order valence-corrected chi connectivity index (χ0v) is 11.9. The lowest BCUT2D eigenvalue weighted by Crippen LogP contribution is -2.42. The van der Waals surface area contributed by atoms with E-state index in [-0.39, 0.29) is 0 Å². The van der Waals surface area contributed by atoms with E-state index in [2.05, 4.69) is 43.2 Å². The van der Waals surface area contributed by atoms with Crippen LogP contribution in [0.15, 0.2) is 24.5 Å². The van der Waals surface area contributed by atoms with Gasteiger partial charge in [0.1, 0.15) is 0 Å². The minimum absolute atomic E-state index is 0.486. The first-order valence-electron chi connectivity index (χ1n) is 7.26. The van der Waals surface area contributed by atoms with Crippen LogP contribution in [0.5, 0.6) is 0 Å². The van der Waals surface area contributed by atoms with Gasteiger partial charge in [-0.3, -0.25) is 4.98 Å². The Balaban J connectivity index is 2.08. The molecule has 1 saturated carbocycles. The molecule has 0 radical (unpaired) electrons. The molecule has 1 aliphatic carbocycles. The van der Waals surface area contributed by atoms with Crippen molar-refractivity contribution in [3.05, 3.63) is 30.1 Å². The summed E-state index contributed by atoms with van der Waals surface area (Å²) in [5.41, 5.74) is 1.89. The Morgan fingerprint density at radius 2 is 2.11 bits per heavy atom. The molecule has 1 heterocycles. The van der Waals surface area contributed by atoms with E-state index in [1.807, 2.05) is 12.4 Å². The second kappa shape index (κ2) is 5.83.